The van der Waals surface area contributed by atoms with Crippen LogP contribution in [0.3, 0.4) is 0 Å². The Morgan fingerprint density at radius 2 is 1.95 bits per heavy atom. The fraction of sp³-hybridized carbons (Fsp3) is 0.938. The molecular formula is C16H30N2O. The molecule has 0 aromatic carbocycles. The summed E-state index contributed by atoms with van der Waals surface area (Å²) in [5, 5.41) is 3.22. The van der Waals surface area contributed by atoms with Gasteiger partial charge in [0.05, 0.1) is 5.92 Å². The van der Waals surface area contributed by atoms with Crippen LogP contribution in [0.4, 0.5) is 0 Å². The fourth-order valence-electron chi connectivity index (χ4n) is 4.16. The molecule has 2 aliphatic rings. The summed E-state index contributed by atoms with van der Waals surface area (Å²) >= 11 is 0. The molecule has 2 rings (SSSR count). The zero-order valence-electron chi connectivity index (χ0n) is 12.6. The topological polar surface area (TPSA) is 55.1 Å². The molecule has 0 aliphatic heterocycles. The van der Waals surface area contributed by atoms with E-state index in [9.17, 15) is 4.79 Å². The van der Waals surface area contributed by atoms with Crippen molar-refractivity contribution in [1.29, 1.82) is 0 Å². The number of nitrogens with two attached hydrogens (primary N) is 1. The number of carbonyl (C=O) groups excluding carboxylic acids is 1. The van der Waals surface area contributed by atoms with Crippen molar-refractivity contribution < 1.29 is 4.79 Å². The van der Waals surface area contributed by atoms with Gasteiger partial charge in [0.2, 0.25) is 5.91 Å². The Balaban J connectivity index is 1.86. The quantitative estimate of drug-likeness (QED) is 0.804. The normalized spacial score (nSPS) is 29.9. The maximum absolute atomic E-state index is 12.2. The van der Waals surface area contributed by atoms with Gasteiger partial charge in [0, 0.05) is 12.6 Å². The predicted molar refractivity (Wildman–Crippen MR) is 78.7 cm³/mol. The van der Waals surface area contributed by atoms with Gasteiger partial charge in [-0.2, -0.15) is 0 Å². The van der Waals surface area contributed by atoms with Crippen LogP contribution in [0.25, 0.3) is 0 Å². The molecule has 1 amide bonds. The third-order valence-corrected chi connectivity index (χ3v) is 5.05. The summed E-state index contributed by atoms with van der Waals surface area (Å²) in [5.74, 6) is 0.987. The summed E-state index contributed by atoms with van der Waals surface area (Å²) in [7, 11) is 0. The average molecular weight is 266 g/mol. The van der Waals surface area contributed by atoms with Crippen LogP contribution in [0.2, 0.25) is 0 Å². The molecule has 2 atom stereocenters. The lowest BCUT2D eigenvalue weighted by Gasteiger charge is -2.32. The molecule has 2 fully saturated rings. The highest BCUT2D eigenvalue weighted by Crippen LogP contribution is 2.42. The van der Waals surface area contributed by atoms with Gasteiger partial charge in [-0.25, -0.2) is 0 Å². The lowest BCUT2D eigenvalue weighted by molar-refractivity contribution is -0.125. The first kappa shape index (κ1) is 14.8. The molecule has 0 radical (unpaired) electrons. The van der Waals surface area contributed by atoms with Gasteiger partial charge in [-0.3, -0.25) is 4.79 Å². The molecule has 2 aliphatic carbocycles. The van der Waals surface area contributed by atoms with Crippen LogP contribution in [0.1, 0.15) is 65.2 Å². The van der Waals surface area contributed by atoms with Gasteiger partial charge in [0.25, 0.3) is 0 Å². The first-order valence-electron chi connectivity index (χ1n) is 8.06. The van der Waals surface area contributed by atoms with Gasteiger partial charge in [-0.15, -0.1) is 0 Å². The van der Waals surface area contributed by atoms with Gasteiger partial charge < -0.3 is 11.1 Å². The molecule has 2 saturated carbocycles. The lowest BCUT2D eigenvalue weighted by atomic mass is 9.78. The van der Waals surface area contributed by atoms with Crippen LogP contribution >= 0.6 is 0 Å². The Morgan fingerprint density at radius 1 is 1.26 bits per heavy atom. The Kier molecular flexibility index (Phi) is 4.88. The maximum Gasteiger partial charge on any atom is 0.224 e. The number of rotatable bonds is 5. The average Bonchev–Trinajstić information content (AvgIpc) is 2.95. The number of hydrogen-bond donors (Lipinski definition) is 2. The number of nitrogens with one attached hydrogen (secondary N) is 1. The van der Waals surface area contributed by atoms with Gasteiger partial charge in [-0.1, -0.05) is 33.1 Å². The summed E-state index contributed by atoms with van der Waals surface area (Å²) in [6, 6.07) is 0.0876. The van der Waals surface area contributed by atoms with Gasteiger partial charge in [0.1, 0.15) is 0 Å². The Morgan fingerprint density at radius 3 is 2.47 bits per heavy atom. The molecule has 0 aromatic rings. The second-order valence-corrected chi connectivity index (χ2v) is 7.22. The highest BCUT2D eigenvalue weighted by molar-refractivity contribution is 5.79. The van der Waals surface area contributed by atoms with E-state index in [2.05, 4.69) is 19.2 Å². The van der Waals surface area contributed by atoms with Crippen LogP contribution < -0.4 is 11.1 Å². The summed E-state index contributed by atoms with van der Waals surface area (Å²) < 4.78 is 0. The zero-order chi connectivity index (χ0) is 13.9. The lowest BCUT2D eigenvalue weighted by Crippen LogP contribution is -2.43. The van der Waals surface area contributed by atoms with Crippen molar-refractivity contribution in [1.82, 2.24) is 5.32 Å². The summed E-state index contributed by atoms with van der Waals surface area (Å²) in [4.78, 5) is 12.2. The monoisotopic (exact) mass is 266 g/mol. The second-order valence-electron chi connectivity index (χ2n) is 7.22. The fourth-order valence-corrected chi connectivity index (χ4v) is 4.16. The SMILES string of the molecule is CC(C)CC1(CNC(=O)C2CCCC2N)CCCC1. The molecule has 0 bridgehead atoms. The van der Waals surface area contributed by atoms with E-state index in [0.29, 0.717) is 11.3 Å². The van der Waals surface area contributed by atoms with Crippen molar-refractivity contribution in [2.24, 2.45) is 23.0 Å². The standard InChI is InChI=1S/C16H30N2O/c1-12(2)10-16(8-3-4-9-16)11-18-15(19)13-6-5-7-14(13)17/h12-14H,3-11,17H2,1-2H3,(H,18,19). The van der Waals surface area contributed by atoms with Crippen molar-refractivity contribution in [2.45, 2.75) is 71.3 Å². The molecule has 2 unspecified atom stereocenters. The molecule has 3 N–H and O–H groups in total. The van der Waals surface area contributed by atoms with Crippen molar-refractivity contribution in [3.63, 3.8) is 0 Å². The molecule has 0 aromatic heterocycles. The van der Waals surface area contributed by atoms with Crippen LogP contribution in [0.5, 0.6) is 0 Å². The smallest absolute Gasteiger partial charge is 0.224 e. The molecule has 3 nitrogen and oxygen atoms in total. The second kappa shape index (κ2) is 6.25. The van der Waals surface area contributed by atoms with E-state index < -0.39 is 0 Å². The van der Waals surface area contributed by atoms with Crippen molar-refractivity contribution in [2.75, 3.05) is 6.54 Å². The Bertz CT molecular complexity index is 308. The molecule has 0 saturated heterocycles. The van der Waals surface area contributed by atoms with E-state index in [4.69, 9.17) is 5.73 Å². The Labute approximate surface area is 117 Å². The van der Waals surface area contributed by atoms with Crippen LogP contribution in [-0.2, 0) is 4.79 Å². The van der Waals surface area contributed by atoms with Crippen LogP contribution in [0.15, 0.2) is 0 Å². The van der Waals surface area contributed by atoms with Crippen molar-refractivity contribution >= 4 is 5.91 Å². The van der Waals surface area contributed by atoms with Crippen LogP contribution in [-0.4, -0.2) is 18.5 Å². The summed E-state index contributed by atoms with van der Waals surface area (Å²) in [6.07, 6.45) is 9.54. The van der Waals surface area contributed by atoms with E-state index in [1.54, 1.807) is 0 Å². The first-order chi connectivity index (χ1) is 9.02. The molecule has 0 spiro atoms. The number of carbonyl (C=O) groups is 1. The van der Waals surface area contributed by atoms with Crippen molar-refractivity contribution in [3.8, 4) is 0 Å². The minimum absolute atomic E-state index is 0.0671. The minimum Gasteiger partial charge on any atom is -0.355 e. The van der Waals surface area contributed by atoms with Gasteiger partial charge in [-0.05, 0) is 43.4 Å². The predicted octanol–water partition coefficient (Wildman–Crippen LogP) is 2.84. The molecule has 3 heteroatoms. The first-order valence-corrected chi connectivity index (χ1v) is 8.06. The van der Waals surface area contributed by atoms with E-state index in [1.165, 1.54) is 32.1 Å². The van der Waals surface area contributed by atoms with Crippen LogP contribution in [0, 0.1) is 17.3 Å². The summed E-state index contributed by atoms with van der Waals surface area (Å²) in [5.41, 5.74) is 6.38. The highest BCUT2D eigenvalue weighted by atomic mass is 16.1. The van der Waals surface area contributed by atoms with E-state index >= 15 is 0 Å². The molecular weight excluding hydrogens is 236 g/mol. The highest BCUT2D eigenvalue weighted by Gasteiger charge is 2.36. The van der Waals surface area contributed by atoms with E-state index in [1.807, 2.05) is 0 Å². The van der Waals surface area contributed by atoms with Gasteiger partial charge >= 0.3 is 0 Å². The number of hydrogen-bond acceptors (Lipinski definition) is 2. The largest absolute Gasteiger partial charge is 0.355 e. The molecule has 110 valence electrons. The molecule has 0 heterocycles. The van der Waals surface area contributed by atoms with E-state index in [-0.39, 0.29) is 17.9 Å². The number of amides is 1. The third-order valence-electron chi connectivity index (χ3n) is 5.05. The van der Waals surface area contributed by atoms with Gasteiger partial charge in [0.15, 0.2) is 0 Å². The van der Waals surface area contributed by atoms with Crippen molar-refractivity contribution in [3.05, 3.63) is 0 Å². The minimum atomic E-state index is 0.0671. The van der Waals surface area contributed by atoms with E-state index in [0.717, 1.165) is 25.8 Å². The summed E-state index contributed by atoms with van der Waals surface area (Å²) in [6.45, 7) is 5.44. The Hall–Kier alpha value is -0.570. The zero-order valence-corrected chi connectivity index (χ0v) is 12.6. The molecule has 19 heavy (non-hydrogen) atoms. The maximum atomic E-state index is 12.2. The third kappa shape index (κ3) is 3.71.